The van der Waals surface area contributed by atoms with Crippen LogP contribution in [-0.2, 0) is 24.2 Å². The van der Waals surface area contributed by atoms with E-state index in [9.17, 15) is 9.59 Å². The highest BCUT2D eigenvalue weighted by Gasteiger charge is 2.26. The van der Waals surface area contributed by atoms with Crippen LogP contribution in [0.1, 0.15) is 71.3 Å². The van der Waals surface area contributed by atoms with Gasteiger partial charge in [0.15, 0.2) is 0 Å². The number of unbranched alkanes of at least 4 members (excludes halogenated alkanes) is 3. The number of pyridine rings is 3. The predicted octanol–water partition coefficient (Wildman–Crippen LogP) is 8.86. The van der Waals surface area contributed by atoms with Gasteiger partial charge >= 0.3 is 0 Å². The summed E-state index contributed by atoms with van der Waals surface area (Å²) in [6.07, 6.45) is 16.3. The maximum absolute atomic E-state index is 13.2. The van der Waals surface area contributed by atoms with Gasteiger partial charge in [-0.1, -0.05) is 65.4 Å². The fourth-order valence-electron chi connectivity index (χ4n) is 7.20. The number of likely N-dealkylation sites (tertiary alicyclic amines) is 1. The number of hydrogen-bond acceptors (Lipinski definition) is 6. The number of carbonyl (C=O) groups excluding carboxylic acids is 2. The van der Waals surface area contributed by atoms with E-state index in [0.29, 0.717) is 23.1 Å². The highest BCUT2D eigenvalue weighted by Crippen LogP contribution is 2.38. The fraction of sp³-hybridized carbons (Fsp3) is 0.308. The second kappa shape index (κ2) is 15.4. The molecule has 0 spiro atoms. The fourth-order valence-corrected chi connectivity index (χ4v) is 7.85. The summed E-state index contributed by atoms with van der Waals surface area (Å²) < 4.78 is 1.97. The van der Waals surface area contributed by atoms with Crippen LogP contribution in [0.5, 0.6) is 0 Å². The molecule has 5 aromatic rings. The number of ketones is 1. The number of halogens is 3. The molecule has 1 N–H and O–H groups in total. The van der Waals surface area contributed by atoms with Crippen molar-refractivity contribution in [2.24, 2.45) is 0 Å². The van der Waals surface area contributed by atoms with Crippen molar-refractivity contribution in [2.45, 2.75) is 57.9 Å². The van der Waals surface area contributed by atoms with Crippen molar-refractivity contribution in [1.82, 2.24) is 24.4 Å². The van der Waals surface area contributed by atoms with E-state index in [4.69, 9.17) is 39.8 Å². The summed E-state index contributed by atoms with van der Waals surface area (Å²) in [6, 6.07) is 14.2. The number of carbonyl (C=O) groups is 2. The van der Waals surface area contributed by atoms with Crippen LogP contribution in [0.3, 0.4) is 0 Å². The van der Waals surface area contributed by atoms with E-state index in [-0.39, 0.29) is 15.7 Å². The smallest absolute Gasteiger partial charge is 0.296 e. The summed E-state index contributed by atoms with van der Waals surface area (Å²) in [6.45, 7) is 3.88. The Hall–Kier alpha value is -4.08. The molecule has 1 amide bonds. The van der Waals surface area contributed by atoms with Gasteiger partial charge < -0.3 is 14.8 Å². The Morgan fingerprint density at radius 1 is 0.800 bits per heavy atom. The SMILES string of the molecule is O=C(Nc1c(Cl)cncc1Cl)C(=O)c1cn(CCCCCCN2CCC(=C3c4ccc(Cl)cc4CCc4cccnc43)CC2)c2ncccc12. The molecule has 4 aromatic heterocycles. The van der Waals surface area contributed by atoms with E-state index < -0.39 is 11.7 Å². The first-order valence-electron chi connectivity index (χ1n) is 17.1. The molecule has 0 bridgehead atoms. The number of aryl methyl sites for hydroxylation is 3. The number of hydrogen-bond donors (Lipinski definition) is 1. The number of fused-ring (bicyclic) bond motifs is 3. The van der Waals surface area contributed by atoms with Crippen LogP contribution in [-0.4, -0.2) is 55.7 Å². The van der Waals surface area contributed by atoms with Gasteiger partial charge in [-0.05, 0) is 92.1 Å². The Labute approximate surface area is 306 Å². The first-order chi connectivity index (χ1) is 24.4. The van der Waals surface area contributed by atoms with Gasteiger partial charge in [0.2, 0.25) is 0 Å². The molecule has 1 aromatic carbocycles. The Morgan fingerprint density at radius 3 is 2.32 bits per heavy atom. The maximum atomic E-state index is 13.2. The Bertz CT molecular complexity index is 2080. The van der Waals surface area contributed by atoms with Crippen LogP contribution >= 0.6 is 34.8 Å². The summed E-state index contributed by atoms with van der Waals surface area (Å²) in [5, 5.41) is 4.27. The molecule has 0 radical (unpaired) electrons. The number of amides is 1. The molecule has 5 heterocycles. The van der Waals surface area contributed by atoms with Crippen LogP contribution < -0.4 is 5.32 Å². The van der Waals surface area contributed by atoms with Crippen molar-refractivity contribution in [2.75, 3.05) is 25.0 Å². The first-order valence-corrected chi connectivity index (χ1v) is 18.3. The van der Waals surface area contributed by atoms with Crippen LogP contribution in [0.4, 0.5) is 5.69 Å². The second-order valence-electron chi connectivity index (χ2n) is 12.9. The van der Waals surface area contributed by atoms with Gasteiger partial charge in [0.1, 0.15) is 5.65 Å². The largest absolute Gasteiger partial charge is 0.332 e. The maximum Gasteiger partial charge on any atom is 0.296 e. The molecule has 0 saturated carbocycles. The van der Waals surface area contributed by atoms with E-state index in [2.05, 4.69) is 38.4 Å². The third-order valence-electron chi connectivity index (χ3n) is 9.74. The topological polar surface area (TPSA) is 93.0 Å². The van der Waals surface area contributed by atoms with Gasteiger partial charge in [0.25, 0.3) is 11.7 Å². The lowest BCUT2D eigenvalue weighted by molar-refractivity contribution is -0.112. The molecule has 1 aliphatic heterocycles. The van der Waals surface area contributed by atoms with Crippen molar-refractivity contribution < 1.29 is 9.59 Å². The monoisotopic (exact) mass is 726 g/mol. The van der Waals surface area contributed by atoms with Gasteiger partial charge in [-0.2, -0.15) is 0 Å². The summed E-state index contributed by atoms with van der Waals surface area (Å²) in [4.78, 5) is 42.0. The van der Waals surface area contributed by atoms with Crippen LogP contribution in [0.2, 0.25) is 15.1 Å². The van der Waals surface area contributed by atoms with Crippen LogP contribution in [0, 0.1) is 0 Å². The summed E-state index contributed by atoms with van der Waals surface area (Å²) in [5.74, 6) is -1.51. The van der Waals surface area contributed by atoms with Crippen molar-refractivity contribution in [3.63, 3.8) is 0 Å². The molecule has 1 fully saturated rings. The minimum absolute atomic E-state index is 0.154. The summed E-state index contributed by atoms with van der Waals surface area (Å²) in [7, 11) is 0. The quantitative estimate of drug-likeness (QED) is 0.0878. The van der Waals surface area contributed by atoms with E-state index in [0.717, 1.165) is 81.7 Å². The molecular formula is C39H37Cl3N6O2. The molecule has 0 unspecified atom stereocenters. The third kappa shape index (κ3) is 7.35. The molecule has 1 aliphatic carbocycles. The lowest BCUT2D eigenvalue weighted by Gasteiger charge is -2.30. The molecule has 0 atom stereocenters. The van der Waals surface area contributed by atoms with Crippen molar-refractivity contribution in [3.8, 4) is 0 Å². The van der Waals surface area contributed by atoms with E-state index in [1.807, 2.05) is 29.0 Å². The predicted molar refractivity (Wildman–Crippen MR) is 200 cm³/mol. The average Bonchev–Trinajstić information content (AvgIpc) is 3.41. The van der Waals surface area contributed by atoms with Crippen LogP contribution in [0.25, 0.3) is 16.6 Å². The van der Waals surface area contributed by atoms with Gasteiger partial charge in [0, 0.05) is 66.6 Å². The van der Waals surface area contributed by atoms with E-state index in [1.54, 1.807) is 18.5 Å². The van der Waals surface area contributed by atoms with Crippen molar-refractivity contribution >= 4 is 68.8 Å². The molecule has 2 aliphatic rings. The number of anilines is 1. The molecule has 7 rings (SSSR count). The number of aromatic nitrogens is 4. The van der Waals surface area contributed by atoms with Gasteiger partial charge in [-0.25, -0.2) is 4.98 Å². The zero-order valence-electron chi connectivity index (χ0n) is 27.6. The Morgan fingerprint density at radius 2 is 1.52 bits per heavy atom. The van der Waals surface area contributed by atoms with Crippen molar-refractivity contribution in [1.29, 1.82) is 0 Å². The van der Waals surface area contributed by atoms with E-state index in [1.165, 1.54) is 40.2 Å². The van der Waals surface area contributed by atoms with Gasteiger partial charge in [0.05, 0.1) is 27.0 Å². The Kier molecular flexibility index (Phi) is 10.6. The lowest BCUT2D eigenvalue weighted by Crippen LogP contribution is -2.32. The number of Topliss-reactive ketones (excluding diaryl/α,β-unsaturated/α-hetero) is 1. The molecule has 1 saturated heterocycles. The van der Waals surface area contributed by atoms with Gasteiger partial charge in [-0.15, -0.1) is 0 Å². The Balaban J connectivity index is 0.924. The lowest BCUT2D eigenvalue weighted by atomic mass is 9.88. The number of benzene rings is 1. The molecule has 11 heteroatoms. The third-order valence-corrected chi connectivity index (χ3v) is 10.5. The zero-order valence-corrected chi connectivity index (χ0v) is 29.9. The number of nitrogens with zero attached hydrogens (tertiary/aromatic N) is 5. The first kappa shape index (κ1) is 34.4. The minimum Gasteiger partial charge on any atom is -0.332 e. The summed E-state index contributed by atoms with van der Waals surface area (Å²) in [5.41, 5.74) is 9.02. The minimum atomic E-state index is -0.825. The molecule has 256 valence electrons. The second-order valence-corrected chi connectivity index (χ2v) is 14.2. The van der Waals surface area contributed by atoms with Gasteiger partial charge in [-0.3, -0.25) is 19.6 Å². The van der Waals surface area contributed by atoms with Crippen molar-refractivity contribution in [3.05, 3.63) is 122 Å². The summed E-state index contributed by atoms with van der Waals surface area (Å²) >= 11 is 18.7. The number of nitrogens with one attached hydrogen (secondary N) is 1. The highest BCUT2D eigenvalue weighted by atomic mass is 35.5. The normalized spacial score (nSPS) is 14.7. The van der Waals surface area contributed by atoms with E-state index >= 15 is 0 Å². The number of piperidine rings is 1. The highest BCUT2D eigenvalue weighted by molar-refractivity contribution is 6.50. The molecular weight excluding hydrogens is 691 g/mol. The molecule has 50 heavy (non-hydrogen) atoms. The van der Waals surface area contributed by atoms with Crippen LogP contribution in [0.15, 0.2) is 79.0 Å². The average molecular weight is 728 g/mol. The zero-order chi connectivity index (χ0) is 34.6. The molecule has 8 nitrogen and oxygen atoms in total. The standard InChI is InChI=1S/C39H37Cl3N6O2/c40-28-11-12-29-27(21-28)10-9-26-7-5-15-44-35(26)34(29)25-13-19-47(20-14-25)17-3-1-2-4-18-48-24-31(30-8-6-16-45-38(30)48)37(49)39(50)46-36-32(41)22-43-23-33(36)42/h5-8,11-12,15-16,21-24H,1-4,9-10,13-14,17-20H2,(H,43,46,50). The number of rotatable bonds is 10.